The van der Waals surface area contributed by atoms with E-state index in [1.54, 1.807) is 6.20 Å². The van der Waals surface area contributed by atoms with Gasteiger partial charge in [-0.2, -0.15) is 0 Å². The molecule has 128 valence electrons. The number of aromatic amines is 1. The molecule has 0 saturated carbocycles. The van der Waals surface area contributed by atoms with E-state index in [1.807, 2.05) is 50.2 Å². The van der Waals surface area contributed by atoms with Gasteiger partial charge in [-0.05, 0) is 37.1 Å². The number of benzene rings is 1. The SMILES string of the molecule is Cc1cc(C)c(CNC(=O)NCc2cccc3cccnc23)c(=O)[nH]1. The molecule has 6 nitrogen and oxygen atoms in total. The van der Waals surface area contributed by atoms with Crippen LogP contribution in [0.5, 0.6) is 0 Å². The molecule has 0 aliphatic carbocycles. The number of carbonyl (C=O) groups excluding carboxylic acids is 1. The van der Waals surface area contributed by atoms with Gasteiger partial charge in [-0.1, -0.05) is 24.3 Å². The molecule has 6 heteroatoms. The van der Waals surface area contributed by atoms with Crippen LogP contribution >= 0.6 is 0 Å². The number of nitrogens with one attached hydrogen (secondary N) is 3. The number of carbonyl (C=O) groups is 1. The molecule has 0 aliphatic rings. The highest BCUT2D eigenvalue weighted by atomic mass is 16.2. The largest absolute Gasteiger partial charge is 0.334 e. The zero-order valence-electron chi connectivity index (χ0n) is 14.2. The maximum Gasteiger partial charge on any atom is 0.315 e. The molecule has 3 rings (SSSR count). The number of rotatable bonds is 4. The van der Waals surface area contributed by atoms with Crippen LogP contribution in [0.1, 0.15) is 22.4 Å². The number of pyridine rings is 2. The molecule has 1 aromatic carbocycles. The lowest BCUT2D eigenvalue weighted by molar-refractivity contribution is 0.240. The van der Waals surface area contributed by atoms with Crippen molar-refractivity contribution in [1.82, 2.24) is 20.6 Å². The molecule has 0 spiro atoms. The van der Waals surface area contributed by atoms with E-state index >= 15 is 0 Å². The van der Waals surface area contributed by atoms with Crippen LogP contribution in [-0.4, -0.2) is 16.0 Å². The topological polar surface area (TPSA) is 86.9 Å². The fraction of sp³-hybridized carbons (Fsp3) is 0.211. The summed E-state index contributed by atoms with van der Waals surface area (Å²) in [5.74, 6) is 0. The van der Waals surface area contributed by atoms with E-state index in [0.29, 0.717) is 12.1 Å². The second-order valence-corrected chi connectivity index (χ2v) is 5.97. The van der Waals surface area contributed by atoms with Gasteiger partial charge in [-0.25, -0.2) is 4.79 Å². The van der Waals surface area contributed by atoms with Gasteiger partial charge in [0.1, 0.15) is 0 Å². The Labute approximate surface area is 145 Å². The summed E-state index contributed by atoms with van der Waals surface area (Å²) in [6.07, 6.45) is 1.73. The molecule has 0 radical (unpaired) electrons. The second kappa shape index (κ2) is 7.17. The minimum atomic E-state index is -0.327. The Morgan fingerprint density at radius 3 is 2.68 bits per heavy atom. The highest BCUT2D eigenvalue weighted by Crippen LogP contribution is 2.15. The Morgan fingerprint density at radius 1 is 1.12 bits per heavy atom. The number of para-hydroxylation sites is 1. The van der Waals surface area contributed by atoms with Crippen LogP contribution < -0.4 is 16.2 Å². The first kappa shape index (κ1) is 16.7. The van der Waals surface area contributed by atoms with Crippen molar-refractivity contribution in [3.8, 4) is 0 Å². The lowest BCUT2D eigenvalue weighted by Gasteiger charge is -2.10. The van der Waals surface area contributed by atoms with Crippen LogP contribution in [0.15, 0.2) is 47.4 Å². The summed E-state index contributed by atoms with van der Waals surface area (Å²) < 4.78 is 0. The zero-order chi connectivity index (χ0) is 17.8. The molecule has 25 heavy (non-hydrogen) atoms. The van der Waals surface area contributed by atoms with E-state index in [9.17, 15) is 9.59 Å². The Hall–Kier alpha value is -3.15. The van der Waals surface area contributed by atoms with Gasteiger partial charge >= 0.3 is 6.03 Å². The van der Waals surface area contributed by atoms with Crippen molar-refractivity contribution in [2.45, 2.75) is 26.9 Å². The van der Waals surface area contributed by atoms with Gasteiger partial charge in [-0.3, -0.25) is 9.78 Å². The monoisotopic (exact) mass is 336 g/mol. The Balaban J connectivity index is 1.63. The molecule has 2 amide bonds. The third-order valence-corrected chi connectivity index (χ3v) is 4.08. The summed E-state index contributed by atoms with van der Waals surface area (Å²) in [5, 5.41) is 6.57. The van der Waals surface area contributed by atoms with Gasteiger partial charge in [-0.15, -0.1) is 0 Å². The highest BCUT2D eigenvalue weighted by Gasteiger charge is 2.08. The summed E-state index contributed by atoms with van der Waals surface area (Å²) in [7, 11) is 0. The summed E-state index contributed by atoms with van der Waals surface area (Å²) in [6.45, 7) is 4.24. The van der Waals surface area contributed by atoms with E-state index in [-0.39, 0.29) is 18.1 Å². The fourth-order valence-corrected chi connectivity index (χ4v) is 2.82. The van der Waals surface area contributed by atoms with Gasteiger partial charge in [0.25, 0.3) is 5.56 Å². The molecule has 0 saturated heterocycles. The number of H-pyrrole nitrogens is 1. The van der Waals surface area contributed by atoms with Gasteiger partial charge in [0.2, 0.25) is 0 Å². The van der Waals surface area contributed by atoms with Crippen LogP contribution in [0.2, 0.25) is 0 Å². The van der Waals surface area contributed by atoms with Crippen LogP contribution in [0, 0.1) is 13.8 Å². The van der Waals surface area contributed by atoms with Gasteiger partial charge < -0.3 is 15.6 Å². The number of aromatic nitrogens is 2. The molecule has 3 aromatic rings. The molecule has 2 heterocycles. The van der Waals surface area contributed by atoms with Gasteiger partial charge in [0.15, 0.2) is 0 Å². The van der Waals surface area contributed by atoms with E-state index in [1.165, 1.54) is 0 Å². The minimum Gasteiger partial charge on any atom is -0.334 e. The number of hydrogen-bond donors (Lipinski definition) is 3. The minimum absolute atomic E-state index is 0.170. The number of nitrogens with zero attached hydrogens (tertiary/aromatic N) is 1. The molecular weight excluding hydrogens is 316 g/mol. The predicted molar refractivity (Wildman–Crippen MR) is 97.4 cm³/mol. The summed E-state index contributed by atoms with van der Waals surface area (Å²) in [4.78, 5) is 31.1. The summed E-state index contributed by atoms with van der Waals surface area (Å²) in [6, 6.07) is 11.3. The first-order valence-corrected chi connectivity index (χ1v) is 8.08. The molecule has 0 bridgehead atoms. The molecule has 0 atom stereocenters. The second-order valence-electron chi connectivity index (χ2n) is 5.97. The van der Waals surface area contributed by atoms with E-state index in [0.717, 1.165) is 27.7 Å². The van der Waals surface area contributed by atoms with Gasteiger partial charge in [0.05, 0.1) is 12.1 Å². The first-order valence-electron chi connectivity index (χ1n) is 8.08. The average Bonchev–Trinajstić information content (AvgIpc) is 2.59. The Bertz CT molecular complexity index is 973. The lowest BCUT2D eigenvalue weighted by atomic mass is 10.1. The van der Waals surface area contributed by atoms with E-state index in [4.69, 9.17) is 0 Å². The Morgan fingerprint density at radius 2 is 1.88 bits per heavy atom. The van der Waals surface area contributed by atoms with Crippen molar-refractivity contribution in [2.24, 2.45) is 0 Å². The van der Waals surface area contributed by atoms with Crippen molar-refractivity contribution in [3.05, 3.63) is 75.3 Å². The maximum atomic E-state index is 12.1. The first-order chi connectivity index (χ1) is 12.0. The van der Waals surface area contributed by atoms with Crippen LogP contribution in [0.3, 0.4) is 0 Å². The number of amides is 2. The van der Waals surface area contributed by atoms with Crippen molar-refractivity contribution >= 4 is 16.9 Å². The highest BCUT2D eigenvalue weighted by molar-refractivity contribution is 5.82. The summed E-state index contributed by atoms with van der Waals surface area (Å²) >= 11 is 0. The molecular formula is C19H20N4O2. The number of fused-ring (bicyclic) bond motifs is 1. The van der Waals surface area contributed by atoms with Crippen LogP contribution in [0.25, 0.3) is 10.9 Å². The zero-order valence-corrected chi connectivity index (χ0v) is 14.2. The molecule has 0 unspecified atom stereocenters. The van der Waals surface area contributed by atoms with Crippen LogP contribution in [-0.2, 0) is 13.1 Å². The van der Waals surface area contributed by atoms with Crippen molar-refractivity contribution in [1.29, 1.82) is 0 Å². The molecule has 0 aliphatic heterocycles. The maximum absolute atomic E-state index is 12.1. The van der Waals surface area contributed by atoms with Crippen molar-refractivity contribution in [2.75, 3.05) is 0 Å². The van der Waals surface area contributed by atoms with E-state index in [2.05, 4.69) is 20.6 Å². The van der Waals surface area contributed by atoms with Crippen LogP contribution in [0.4, 0.5) is 4.79 Å². The van der Waals surface area contributed by atoms with Gasteiger partial charge in [0, 0.05) is 29.4 Å². The van der Waals surface area contributed by atoms with Crippen molar-refractivity contribution < 1.29 is 4.79 Å². The number of aryl methyl sites for hydroxylation is 2. The number of urea groups is 1. The van der Waals surface area contributed by atoms with Crippen molar-refractivity contribution in [3.63, 3.8) is 0 Å². The summed E-state index contributed by atoms with van der Waals surface area (Å²) in [5.41, 5.74) is 3.87. The smallest absolute Gasteiger partial charge is 0.315 e. The molecule has 3 N–H and O–H groups in total. The third-order valence-electron chi connectivity index (χ3n) is 4.08. The Kier molecular flexibility index (Phi) is 4.79. The lowest BCUT2D eigenvalue weighted by Crippen LogP contribution is -2.36. The average molecular weight is 336 g/mol. The number of hydrogen-bond acceptors (Lipinski definition) is 3. The fourth-order valence-electron chi connectivity index (χ4n) is 2.82. The third kappa shape index (κ3) is 3.85. The molecule has 2 aromatic heterocycles. The van der Waals surface area contributed by atoms with E-state index < -0.39 is 0 Å². The molecule has 0 fully saturated rings. The predicted octanol–water partition coefficient (Wildman–Crippen LogP) is 2.54. The standard InChI is InChI=1S/C19H20N4O2/c1-12-9-13(2)23-18(24)16(12)11-22-19(25)21-10-15-6-3-5-14-7-4-8-20-17(14)15/h3-9H,10-11H2,1-2H3,(H,23,24)(H2,21,22,25). The quantitative estimate of drug-likeness (QED) is 0.684. The normalized spacial score (nSPS) is 10.6.